The molecule has 0 radical (unpaired) electrons. The van der Waals surface area contributed by atoms with Gasteiger partial charge in [0.1, 0.15) is 0 Å². The van der Waals surface area contributed by atoms with Crippen molar-refractivity contribution in [1.82, 2.24) is 19.7 Å². The van der Waals surface area contributed by atoms with E-state index in [2.05, 4.69) is 27.3 Å². The monoisotopic (exact) mass is 454 g/mol. The number of hydrogen-bond donors (Lipinski definition) is 0. The van der Waals surface area contributed by atoms with Crippen LogP contribution in [-0.2, 0) is 0 Å². The second-order valence-electron chi connectivity index (χ2n) is 8.38. The Kier molecular flexibility index (Phi) is 6.63. The molecule has 0 N–H and O–H groups in total. The highest BCUT2D eigenvalue weighted by Gasteiger charge is 2.19. The zero-order valence-corrected chi connectivity index (χ0v) is 19.2. The van der Waals surface area contributed by atoms with E-state index >= 15 is 0 Å². The Labute approximate surface area is 198 Å². The summed E-state index contributed by atoms with van der Waals surface area (Å²) in [5, 5.41) is 9.54. The average Bonchev–Trinajstić information content (AvgIpc) is 3.33. The Morgan fingerprint density at radius 1 is 0.879 bits per heavy atom. The van der Waals surface area contributed by atoms with Gasteiger partial charge in [-0.3, -0.25) is 14.3 Å². The minimum atomic E-state index is 0.100. The summed E-state index contributed by atoms with van der Waals surface area (Å²) in [6.45, 7) is 0. The van der Waals surface area contributed by atoms with Crippen molar-refractivity contribution >= 4 is 17.5 Å². The molecular formula is C27H26N4OS. The van der Waals surface area contributed by atoms with E-state index in [9.17, 15) is 4.79 Å². The number of carbonyl (C=O) groups excluding carboxylic acids is 1. The van der Waals surface area contributed by atoms with Gasteiger partial charge in [0.05, 0.1) is 5.75 Å². The standard InChI is InChI=1S/C27H26N4OS/c32-25(22-13-11-21(12-14-22)20-7-3-1-4-8-20)19-33-27-30-29-26(23-15-17-28-18-16-23)31(27)24-9-5-2-6-10-24/h2,5-6,9-18,20H,1,3-4,7-8,19H2. The summed E-state index contributed by atoms with van der Waals surface area (Å²) in [5.74, 6) is 1.79. The SMILES string of the molecule is O=C(CSc1nnc(-c2ccncc2)n1-c1ccccc1)c1ccc(C2CCCCC2)cc1. The lowest BCUT2D eigenvalue weighted by Crippen LogP contribution is -2.07. The third-order valence-corrected chi connectivity index (χ3v) is 7.16. The molecule has 33 heavy (non-hydrogen) atoms. The van der Waals surface area contributed by atoms with Gasteiger partial charge in [-0.25, -0.2) is 0 Å². The van der Waals surface area contributed by atoms with Gasteiger partial charge >= 0.3 is 0 Å². The molecule has 0 amide bonds. The molecule has 0 aliphatic heterocycles. The van der Waals surface area contributed by atoms with E-state index in [0.29, 0.717) is 16.8 Å². The van der Waals surface area contributed by atoms with Crippen molar-refractivity contribution in [2.75, 3.05) is 5.75 Å². The molecule has 2 aromatic heterocycles. The van der Waals surface area contributed by atoms with Crippen LogP contribution in [-0.4, -0.2) is 31.3 Å². The molecule has 0 saturated heterocycles. The number of carbonyl (C=O) groups is 1. The van der Waals surface area contributed by atoms with Crippen molar-refractivity contribution in [3.05, 3.63) is 90.3 Å². The number of thioether (sulfide) groups is 1. The van der Waals surface area contributed by atoms with Crippen molar-refractivity contribution in [1.29, 1.82) is 0 Å². The van der Waals surface area contributed by atoms with Crippen LogP contribution in [0.1, 0.15) is 53.9 Å². The summed E-state index contributed by atoms with van der Waals surface area (Å²) in [6, 6.07) is 22.1. The van der Waals surface area contributed by atoms with Crippen LogP contribution in [0, 0.1) is 0 Å². The van der Waals surface area contributed by atoms with Crippen LogP contribution in [0.5, 0.6) is 0 Å². The molecular weight excluding hydrogens is 428 g/mol. The van der Waals surface area contributed by atoms with Crippen LogP contribution >= 0.6 is 11.8 Å². The van der Waals surface area contributed by atoms with Gasteiger partial charge in [-0.2, -0.15) is 0 Å². The van der Waals surface area contributed by atoms with E-state index in [1.165, 1.54) is 49.4 Å². The minimum absolute atomic E-state index is 0.100. The van der Waals surface area contributed by atoms with Crippen molar-refractivity contribution in [2.45, 2.75) is 43.2 Å². The van der Waals surface area contributed by atoms with Crippen LogP contribution in [0.25, 0.3) is 17.1 Å². The number of rotatable bonds is 7. The number of ketones is 1. The predicted octanol–water partition coefficient (Wildman–Crippen LogP) is 6.35. The highest BCUT2D eigenvalue weighted by atomic mass is 32.2. The maximum absolute atomic E-state index is 12.9. The molecule has 0 atom stereocenters. The van der Waals surface area contributed by atoms with Gasteiger partial charge in [-0.15, -0.1) is 10.2 Å². The molecule has 0 spiro atoms. The summed E-state index contributed by atoms with van der Waals surface area (Å²) >= 11 is 1.42. The van der Waals surface area contributed by atoms with E-state index in [4.69, 9.17) is 0 Å². The Balaban J connectivity index is 1.34. The molecule has 0 bridgehead atoms. The van der Waals surface area contributed by atoms with E-state index in [1.54, 1.807) is 12.4 Å². The predicted molar refractivity (Wildman–Crippen MR) is 132 cm³/mol. The fraction of sp³-hybridized carbons (Fsp3) is 0.259. The molecule has 5 rings (SSSR count). The Hall–Kier alpha value is -3.25. The lowest BCUT2D eigenvalue weighted by Gasteiger charge is -2.22. The normalized spacial score (nSPS) is 14.3. The molecule has 6 heteroatoms. The summed E-state index contributed by atoms with van der Waals surface area (Å²) in [7, 11) is 0. The molecule has 1 aliphatic rings. The fourth-order valence-corrected chi connectivity index (χ4v) is 5.30. The van der Waals surface area contributed by atoms with Crippen LogP contribution < -0.4 is 0 Å². The second kappa shape index (κ2) is 10.1. The fourth-order valence-electron chi connectivity index (χ4n) is 4.45. The van der Waals surface area contributed by atoms with E-state index in [0.717, 1.165) is 22.6 Å². The quantitative estimate of drug-likeness (QED) is 0.240. The molecule has 1 fully saturated rings. The summed E-state index contributed by atoms with van der Waals surface area (Å²) < 4.78 is 2.00. The lowest BCUT2D eigenvalue weighted by molar-refractivity contribution is 0.102. The zero-order chi connectivity index (χ0) is 22.5. The molecule has 2 aromatic carbocycles. The van der Waals surface area contributed by atoms with Gasteiger partial charge in [0.2, 0.25) is 0 Å². The van der Waals surface area contributed by atoms with Gasteiger partial charge < -0.3 is 0 Å². The number of hydrogen-bond acceptors (Lipinski definition) is 5. The summed E-state index contributed by atoms with van der Waals surface area (Å²) in [6.07, 6.45) is 9.98. The Morgan fingerprint density at radius 2 is 1.61 bits per heavy atom. The van der Waals surface area contributed by atoms with Crippen LogP contribution in [0.4, 0.5) is 0 Å². The van der Waals surface area contributed by atoms with E-state index < -0.39 is 0 Å². The highest BCUT2D eigenvalue weighted by molar-refractivity contribution is 7.99. The van der Waals surface area contributed by atoms with Crippen LogP contribution in [0.3, 0.4) is 0 Å². The minimum Gasteiger partial charge on any atom is -0.293 e. The summed E-state index contributed by atoms with van der Waals surface area (Å²) in [4.78, 5) is 17.0. The first-order valence-electron chi connectivity index (χ1n) is 11.5. The third-order valence-electron chi connectivity index (χ3n) is 6.23. The van der Waals surface area contributed by atoms with Crippen molar-refractivity contribution in [3.8, 4) is 17.1 Å². The smallest absolute Gasteiger partial charge is 0.196 e. The first kappa shape index (κ1) is 21.6. The van der Waals surface area contributed by atoms with Gasteiger partial charge in [-0.1, -0.05) is 73.5 Å². The topological polar surface area (TPSA) is 60.7 Å². The van der Waals surface area contributed by atoms with Crippen LogP contribution in [0.2, 0.25) is 0 Å². The van der Waals surface area contributed by atoms with E-state index in [1.807, 2.05) is 59.2 Å². The van der Waals surface area contributed by atoms with E-state index in [-0.39, 0.29) is 5.78 Å². The summed E-state index contributed by atoms with van der Waals surface area (Å²) in [5.41, 5.74) is 4.01. The van der Waals surface area contributed by atoms with Gasteiger partial charge in [0.25, 0.3) is 0 Å². The first-order valence-corrected chi connectivity index (χ1v) is 12.5. The number of para-hydroxylation sites is 1. The Morgan fingerprint density at radius 3 is 2.33 bits per heavy atom. The zero-order valence-electron chi connectivity index (χ0n) is 18.4. The molecule has 1 aliphatic carbocycles. The number of benzene rings is 2. The van der Waals surface area contributed by atoms with Crippen molar-refractivity contribution in [3.63, 3.8) is 0 Å². The third kappa shape index (κ3) is 4.91. The number of pyridine rings is 1. The molecule has 1 saturated carbocycles. The maximum Gasteiger partial charge on any atom is 0.196 e. The van der Waals surface area contributed by atoms with Crippen LogP contribution in [0.15, 0.2) is 84.3 Å². The number of Topliss-reactive ketones (excluding diaryl/α,β-unsaturated/α-hetero) is 1. The second-order valence-corrected chi connectivity index (χ2v) is 9.32. The molecule has 4 aromatic rings. The van der Waals surface area contributed by atoms with Gasteiger partial charge in [-0.05, 0) is 48.6 Å². The maximum atomic E-state index is 12.9. The largest absolute Gasteiger partial charge is 0.293 e. The Bertz CT molecular complexity index is 1200. The van der Waals surface area contributed by atoms with Gasteiger partial charge in [0.15, 0.2) is 16.8 Å². The lowest BCUT2D eigenvalue weighted by atomic mass is 9.84. The number of nitrogens with zero attached hydrogens (tertiary/aromatic N) is 4. The number of aromatic nitrogens is 4. The molecule has 5 nitrogen and oxygen atoms in total. The molecule has 0 unspecified atom stereocenters. The highest BCUT2D eigenvalue weighted by Crippen LogP contribution is 2.33. The first-order chi connectivity index (χ1) is 16.3. The van der Waals surface area contributed by atoms with Crippen molar-refractivity contribution < 1.29 is 4.79 Å². The molecule has 2 heterocycles. The molecule has 166 valence electrons. The average molecular weight is 455 g/mol. The van der Waals surface area contributed by atoms with Crippen molar-refractivity contribution in [2.24, 2.45) is 0 Å². The van der Waals surface area contributed by atoms with Gasteiger partial charge in [0, 0.05) is 29.2 Å².